The normalized spacial score (nSPS) is 18.9. The fraction of sp³-hybridized carbons (Fsp3) is 0.312. The maximum atomic E-state index is 14.0. The molecule has 4 aromatic rings. The van der Waals surface area contributed by atoms with Crippen molar-refractivity contribution in [2.75, 3.05) is 20.3 Å². The minimum absolute atomic E-state index is 0.0260. The molecule has 0 saturated heterocycles. The average Bonchev–Trinajstić information content (AvgIpc) is 3.83. The van der Waals surface area contributed by atoms with Crippen LogP contribution in [0.4, 0.5) is 17.6 Å². The number of pyridine rings is 2. The summed E-state index contributed by atoms with van der Waals surface area (Å²) < 4.78 is 65.3. The molecular formula is C32H27ClF4N4O5. The van der Waals surface area contributed by atoms with Crippen LogP contribution in [0.1, 0.15) is 46.9 Å². The Labute approximate surface area is 264 Å². The van der Waals surface area contributed by atoms with Crippen molar-refractivity contribution < 1.29 is 41.7 Å². The lowest BCUT2D eigenvalue weighted by Crippen LogP contribution is -2.44. The van der Waals surface area contributed by atoms with Crippen LogP contribution in [0.15, 0.2) is 48.7 Å². The number of amides is 2. The lowest BCUT2D eigenvalue weighted by molar-refractivity contribution is -0.137. The maximum Gasteiger partial charge on any atom is 0.417 e. The molecule has 3 heterocycles. The summed E-state index contributed by atoms with van der Waals surface area (Å²) in [4.78, 5) is 34.6. The Kier molecular flexibility index (Phi) is 7.59. The van der Waals surface area contributed by atoms with Crippen molar-refractivity contribution in [3.63, 3.8) is 0 Å². The summed E-state index contributed by atoms with van der Waals surface area (Å²) in [5.74, 6) is -2.06. The molecule has 1 saturated carbocycles. The molecule has 9 nitrogen and oxygen atoms in total. The monoisotopic (exact) mass is 658 g/mol. The van der Waals surface area contributed by atoms with Crippen molar-refractivity contribution in [3.05, 3.63) is 81.9 Å². The van der Waals surface area contributed by atoms with Crippen LogP contribution in [0, 0.1) is 11.7 Å². The number of aromatic nitrogens is 2. The molecule has 0 radical (unpaired) electrons. The SMILES string of the molecule is COc1cc(C(=O)NC[C@](O)(c2cc3c(c(-c4ccc(F)c(Cl)c4)n2)OC[C@]3(C)C(N)=O)C2CC2)cc2cc(C(F)(F)F)cnc12. The number of halogens is 5. The molecule has 14 heteroatoms. The molecule has 2 atom stereocenters. The topological polar surface area (TPSA) is 137 Å². The number of primary amides is 1. The quantitative estimate of drug-likeness (QED) is 0.219. The van der Waals surface area contributed by atoms with E-state index in [9.17, 15) is 32.3 Å². The van der Waals surface area contributed by atoms with Gasteiger partial charge in [0.1, 0.15) is 46.1 Å². The van der Waals surface area contributed by atoms with Crippen molar-refractivity contribution in [1.29, 1.82) is 0 Å². The van der Waals surface area contributed by atoms with Gasteiger partial charge in [-0.3, -0.25) is 14.6 Å². The second-order valence-corrected chi connectivity index (χ2v) is 12.1. The van der Waals surface area contributed by atoms with Gasteiger partial charge in [0, 0.05) is 28.3 Å². The number of nitrogens with zero attached hydrogens (tertiary/aromatic N) is 2. The summed E-state index contributed by atoms with van der Waals surface area (Å²) in [6.45, 7) is 1.15. The number of ether oxygens (including phenoxy) is 2. The van der Waals surface area contributed by atoms with Gasteiger partial charge in [0.25, 0.3) is 5.91 Å². The van der Waals surface area contributed by atoms with Crippen molar-refractivity contribution >= 4 is 34.3 Å². The van der Waals surface area contributed by atoms with E-state index in [1.54, 1.807) is 6.92 Å². The van der Waals surface area contributed by atoms with Crippen LogP contribution < -0.4 is 20.5 Å². The van der Waals surface area contributed by atoms with Crippen LogP contribution in [0.5, 0.6) is 11.5 Å². The molecule has 240 valence electrons. The van der Waals surface area contributed by atoms with Gasteiger partial charge in [-0.05, 0) is 68.1 Å². The van der Waals surface area contributed by atoms with Crippen LogP contribution >= 0.6 is 11.6 Å². The van der Waals surface area contributed by atoms with Gasteiger partial charge in [0.15, 0.2) is 0 Å². The number of nitrogens with two attached hydrogens (primary N) is 1. The molecule has 2 aliphatic rings. The molecular weight excluding hydrogens is 632 g/mol. The number of methoxy groups -OCH3 is 1. The Bertz CT molecular complexity index is 1920. The summed E-state index contributed by atoms with van der Waals surface area (Å²) in [5, 5.41) is 14.7. The lowest BCUT2D eigenvalue weighted by Gasteiger charge is -2.30. The molecule has 0 bridgehead atoms. The highest BCUT2D eigenvalue weighted by atomic mass is 35.5. The molecule has 2 aromatic heterocycles. The third-order valence-electron chi connectivity index (χ3n) is 8.58. The van der Waals surface area contributed by atoms with E-state index < -0.39 is 40.4 Å². The molecule has 0 unspecified atom stereocenters. The molecule has 2 aromatic carbocycles. The Hall–Kier alpha value is -4.49. The molecule has 1 aliphatic carbocycles. The number of rotatable bonds is 8. The van der Waals surface area contributed by atoms with Gasteiger partial charge in [-0.15, -0.1) is 0 Å². The minimum atomic E-state index is -4.65. The molecule has 1 aliphatic heterocycles. The zero-order valence-corrected chi connectivity index (χ0v) is 25.2. The van der Waals surface area contributed by atoms with Gasteiger partial charge in [-0.25, -0.2) is 9.37 Å². The van der Waals surface area contributed by atoms with Crippen LogP contribution in [0.3, 0.4) is 0 Å². The fourth-order valence-corrected chi connectivity index (χ4v) is 5.81. The number of aliphatic hydroxyl groups is 1. The lowest BCUT2D eigenvalue weighted by atomic mass is 9.81. The Morgan fingerprint density at radius 3 is 2.57 bits per heavy atom. The van der Waals surface area contributed by atoms with E-state index in [-0.39, 0.29) is 63.4 Å². The zero-order chi connectivity index (χ0) is 33.2. The van der Waals surface area contributed by atoms with Crippen LogP contribution in [-0.4, -0.2) is 47.2 Å². The van der Waals surface area contributed by atoms with E-state index in [4.69, 9.17) is 31.8 Å². The summed E-state index contributed by atoms with van der Waals surface area (Å²) in [6.07, 6.45) is -2.76. The van der Waals surface area contributed by atoms with Gasteiger partial charge in [0.2, 0.25) is 5.91 Å². The maximum absolute atomic E-state index is 14.0. The zero-order valence-electron chi connectivity index (χ0n) is 24.5. The summed E-state index contributed by atoms with van der Waals surface area (Å²) >= 11 is 6.06. The smallest absolute Gasteiger partial charge is 0.417 e. The highest BCUT2D eigenvalue weighted by Crippen LogP contribution is 2.50. The number of alkyl halides is 3. The summed E-state index contributed by atoms with van der Waals surface area (Å²) in [6, 6.07) is 8.92. The highest BCUT2D eigenvalue weighted by Gasteiger charge is 2.50. The largest absolute Gasteiger partial charge is 0.494 e. The average molecular weight is 659 g/mol. The number of carbonyl (C=O) groups is 2. The molecule has 4 N–H and O–H groups in total. The Morgan fingerprint density at radius 1 is 1.20 bits per heavy atom. The van der Waals surface area contributed by atoms with Crippen LogP contribution in [0.2, 0.25) is 5.02 Å². The first-order valence-corrected chi connectivity index (χ1v) is 14.5. The second-order valence-electron chi connectivity index (χ2n) is 11.7. The third-order valence-corrected chi connectivity index (χ3v) is 8.87. The first-order chi connectivity index (χ1) is 21.7. The van der Waals surface area contributed by atoms with E-state index in [2.05, 4.69) is 10.3 Å². The van der Waals surface area contributed by atoms with E-state index in [1.165, 1.54) is 37.4 Å². The fourth-order valence-electron chi connectivity index (χ4n) is 5.63. The number of benzene rings is 2. The number of hydrogen-bond acceptors (Lipinski definition) is 7. The summed E-state index contributed by atoms with van der Waals surface area (Å²) in [5.41, 5.74) is 2.86. The number of fused-ring (bicyclic) bond motifs is 2. The van der Waals surface area contributed by atoms with Gasteiger partial charge in [0.05, 0.1) is 29.9 Å². The van der Waals surface area contributed by atoms with Crippen molar-refractivity contribution in [3.8, 4) is 22.8 Å². The van der Waals surface area contributed by atoms with Crippen LogP contribution in [0.25, 0.3) is 22.2 Å². The van der Waals surface area contributed by atoms with Crippen molar-refractivity contribution in [2.24, 2.45) is 11.7 Å². The van der Waals surface area contributed by atoms with Crippen molar-refractivity contribution in [1.82, 2.24) is 15.3 Å². The van der Waals surface area contributed by atoms with Gasteiger partial charge < -0.3 is 25.6 Å². The third kappa shape index (κ3) is 5.36. The first kappa shape index (κ1) is 31.5. The predicted octanol–water partition coefficient (Wildman–Crippen LogP) is 5.28. The Balaban J connectivity index is 1.39. The van der Waals surface area contributed by atoms with Gasteiger partial charge in [-0.2, -0.15) is 13.2 Å². The summed E-state index contributed by atoms with van der Waals surface area (Å²) in [7, 11) is 1.30. The standard InChI is InChI=1S/C32H27ClF4N4O5/c1-30(29(38)43)14-46-27-20(30)11-24(41-26(27)15-3-6-22(34)21(33)9-15)31(44,18-4-5-18)13-40-28(42)17-7-16-8-19(32(35,36)37)12-39-25(16)23(10-17)45-2/h3,6-12,18,44H,4-5,13-14H2,1-2H3,(H2,38,43)(H,40,42)/t30-,31+/m0/s1. The molecule has 0 spiro atoms. The second kappa shape index (κ2) is 11.1. The van der Waals surface area contributed by atoms with E-state index in [0.717, 1.165) is 12.1 Å². The molecule has 46 heavy (non-hydrogen) atoms. The first-order valence-electron chi connectivity index (χ1n) is 14.2. The van der Waals surface area contributed by atoms with Gasteiger partial charge >= 0.3 is 6.18 Å². The molecule has 1 fully saturated rings. The minimum Gasteiger partial charge on any atom is -0.494 e. The predicted molar refractivity (Wildman–Crippen MR) is 159 cm³/mol. The molecule has 2 amide bonds. The van der Waals surface area contributed by atoms with E-state index >= 15 is 0 Å². The van der Waals surface area contributed by atoms with Gasteiger partial charge in [-0.1, -0.05) is 11.6 Å². The number of carbonyl (C=O) groups excluding carboxylic acids is 2. The number of nitrogens with one attached hydrogen (secondary N) is 1. The van der Waals surface area contributed by atoms with E-state index in [1.807, 2.05) is 0 Å². The van der Waals surface area contributed by atoms with Crippen molar-refractivity contribution in [2.45, 2.75) is 37.0 Å². The highest BCUT2D eigenvalue weighted by molar-refractivity contribution is 6.31. The van der Waals surface area contributed by atoms with E-state index in [0.29, 0.717) is 30.2 Å². The molecule has 6 rings (SSSR count). The number of hydrogen-bond donors (Lipinski definition) is 3. The Morgan fingerprint density at radius 2 is 1.93 bits per heavy atom. The van der Waals surface area contributed by atoms with Crippen LogP contribution in [-0.2, 0) is 22.0 Å².